The van der Waals surface area contributed by atoms with Gasteiger partial charge in [0.2, 0.25) is 0 Å². The molecule has 0 fully saturated rings. The summed E-state index contributed by atoms with van der Waals surface area (Å²) in [7, 11) is 0. The molecule has 0 unspecified atom stereocenters. The number of benzene rings is 1. The molecule has 5 heteroatoms. The topological polar surface area (TPSA) is 37.3 Å². The molecule has 0 aromatic heterocycles. The molecule has 1 aromatic carbocycles. The first-order chi connectivity index (χ1) is 7.00. The van der Waals surface area contributed by atoms with E-state index in [1.807, 2.05) is 5.92 Å². The molecule has 0 heterocycles. The van der Waals surface area contributed by atoms with E-state index >= 15 is 0 Å². The van der Waals surface area contributed by atoms with Crippen LogP contribution in [0.15, 0.2) is 12.1 Å². The van der Waals surface area contributed by atoms with E-state index in [2.05, 4.69) is 5.92 Å². The van der Waals surface area contributed by atoms with Gasteiger partial charge in [-0.3, -0.25) is 4.79 Å². The fraction of sp³-hybridized carbons (Fsp3) is 0.100. The molecule has 0 bridgehead atoms. The summed E-state index contributed by atoms with van der Waals surface area (Å²) >= 11 is 0. The van der Waals surface area contributed by atoms with Crippen molar-refractivity contribution in [3.05, 3.63) is 35.1 Å². The first kappa shape index (κ1) is 11.1. The van der Waals surface area contributed by atoms with Crippen molar-refractivity contribution in [2.24, 2.45) is 0 Å². The van der Waals surface area contributed by atoms with Gasteiger partial charge in [-0.15, -0.1) is 0 Å². The Hall–Kier alpha value is -1.96. The van der Waals surface area contributed by atoms with E-state index in [0.717, 1.165) is 0 Å². The van der Waals surface area contributed by atoms with Gasteiger partial charge in [-0.2, -0.15) is 0 Å². The van der Waals surface area contributed by atoms with E-state index in [0.29, 0.717) is 12.1 Å². The predicted octanol–water partition coefficient (Wildman–Crippen LogP) is 1.93. The minimum atomic E-state index is -1.35. The standard InChI is InChI=1S/C10H5F3O2/c11-7-4-6(2-1-3-9(14)15)10(13)8(12)5-7/h4-5H,3H2,(H,14,15). The van der Waals surface area contributed by atoms with Crippen molar-refractivity contribution in [2.75, 3.05) is 0 Å². The lowest BCUT2D eigenvalue weighted by Gasteiger charge is -1.96. The number of hydrogen-bond donors (Lipinski definition) is 1. The minimum absolute atomic E-state index is 0.387. The number of carboxylic acids is 1. The third-order valence-corrected chi connectivity index (χ3v) is 1.46. The van der Waals surface area contributed by atoms with E-state index in [-0.39, 0.29) is 0 Å². The maximum Gasteiger partial charge on any atom is 0.315 e. The van der Waals surface area contributed by atoms with Crippen molar-refractivity contribution in [1.82, 2.24) is 0 Å². The lowest BCUT2D eigenvalue weighted by molar-refractivity contribution is -0.135. The van der Waals surface area contributed by atoms with Gasteiger partial charge in [-0.25, -0.2) is 13.2 Å². The van der Waals surface area contributed by atoms with Crippen molar-refractivity contribution >= 4 is 5.97 Å². The molecule has 0 aliphatic rings. The van der Waals surface area contributed by atoms with Gasteiger partial charge in [0.25, 0.3) is 0 Å². The molecule has 78 valence electrons. The highest BCUT2D eigenvalue weighted by atomic mass is 19.2. The number of carbonyl (C=O) groups is 1. The fourth-order valence-corrected chi connectivity index (χ4v) is 0.862. The molecule has 0 aliphatic carbocycles. The molecule has 1 rings (SSSR count). The molecule has 0 saturated carbocycles. The Morgan fingerprint density at radius 1 is 1.33 bits per heavy atom. The maximum atomic E-state index is 12.9. The monoisotopic (exact) mass is 214 g/mol. The number of hydrogen-bond acceptors (Lipinski definition) is 1. The van der Waals surface area contributed by atoms with Crippen LogP contribution in [0.25, 0.3) is 0 Å². The smallest absolute Gasteiger partial charge is 0.315 e. The summed E-state index contributed by atoms with van der Waals surface area (Å²) in [6.45, 7) is 0. The third-order valence-electron chi connectivity index (χ3n) is 1.46. The molecule has 0 spiro atoms. The first-order valence-electron chi connectivity index (χ1n) is 3.86. The molecule has 1 N–H and O–H groups in total. The van der Waals surface area contributed by atoms with Gasteiger partial charge in [-0.1, -0.05) is 11.8 Å². The molecule has 2 nitrogen and oxygen atoms in total. The van der Waals surface area contributed by atoms with Crippen LogP contribution in [0.2, 0.25) is 0 Å². The maximum absolute atomic E-state index is 12.9. The molecular weight excluding hydrogens is 209 g/mol. The highest BCUT2D eigenvalue weighted by Gasteiger charge is 2.08. The van der Waals surface area contributed by atoms with E-state index < -0.39 is 35.4 Å². The van der Waals surface area contributed by atoms with E-state index in [4.69, 9.17) is 5.11 Å². The number of rotatable bonds is 1. The molecule has 0 radical (unpaired) electrons. The Labute approximate surface area is 83.3 Å². The minimum Gasteiger partial charge on any atom is -0.481 e. The number of halogens is 3. The highest BCUT2D eigenvalue weighted by Crippen LogP contribution is 2.12. The second-order valence-corrected chi connectivity index (χ2v) is 2.62. The molecule has 0 amide bonds. The van der Waals surface area contributed by atoms with Crippen LogP contribution in [0.1, 0.15) is 12.0 Å². The quantitative estimate of drug-likeness (QED) is 0.572. The van der Waals surface area contributed by atoms with Gasteiger partial charge in [0.05, 0.1) is 5.56 Å². The molecule has 1 aromatic rings. The molecule has 0 aliphatic heterocycles. The summed E-state index contributed by atoms with van der Waals surface area (Å²) in [5.41, 5.74) is -0.492. The molecular formula is C10H5F3O2. The van der Waals surface area contributed by atoms with Crippen molar-refractivity contribution in [2.45, 2.75) is 6.42 Å². The average molecular weight is 214 g/mol. The van der Waals surface area contributed by atoms with E-state index in [1.165, 1.54) is 0 Å². The fourth-order valence-electron chi connectivity index (χ4n) is 0.862. The number of carboxylic acid groups (broad SMARTS) is 1. The highest BCUT2D eigenvalue weighted by molar-refractivity contribution is 5.70. The van der Waals surface area contributed by atoms with Crippen LogP contribution in [0.3, 0.4) is 0 Å². The summed E-state index contributed by atoms with van der Waals surface area (Å²) in [5, 5.41) is 8.23. The summed E-state index contributed by atoms with van der Waals surface area (Å²) in [5.74, 6) is -0.681. The van der Waals surface area contributed by atoms with Crippen molar-refractivity contribution in [3.63, 3.8) is 0 Å². The van der Waals surface area contributed by atoms with Crippen LogP contribution in [0.4, 0.5) is 13.2 Å². The van der Waals surface area contributed by atoms with Gasteiger partial charge < -0.3 is 5.11 Å². The lowest BCUT2D eigenvalue weighted by atomic mass is 10.2. The summed E-state index contributed by atoms with van der Waals surface area (Å²) in [6.07, 6.45) is -0.516. The molecule has 15 heavy (non-hydrogen) atoms. The van der Waals surface area contributed by atoms with Crippen molar-refractivity contribution in [3.8, 4) is 11.8 Å². The Bertz CT molecular complexity index is 458. The van der Waals surface area contributed by atoms with Crippen molar-refractivity contribution < 1.29 is 23.1 Å². The third kappa shape index (κ3) is 3.02. The van der Waals surface area contributed by atoms with Crippen LogP contribution in [-0.2, 0) is 4.79 Å². The Balaban J connectivity index is 3.02. The first-order valence-corrected chi connectivity index (χ1v) is 3.86. The zero-order valence-electron chi connectivity index (χ0n) is 7.35. The second-order valence-electron chi connectivity index (χ2n) is 2.62. The average Bonchev–Trinajstić information content (AvgIpc) is 2.12. The summed E-state index contributed by atoms with van der Waals surface area (Å²) in [6, 6.07) is 1.09. The lowest BCUT2D eigenvalue weighted by Crippen LogP contribution is -1.93. The van der Waals surface area contributed by atoms with Gasteiger partial charge in [-0.05, 0) is 6.07 Å². The van der Waals surface area contributed by atoms with Crippen LogP contribution < -0.4 is 0 Å². The van der Waals surface area contributed by atoms with Gasteiger partial charge in [0, 0.05) is 6.07 Å². The SMILES string of the molecule is O=C(O)CC#Cc1cc(F)cc(F)c1F. The van der Waals surface area contributed by atoms with Gasteiger partial charge >= 0.3 is 5.97 Å². The second kappa shape index (κ2) is 4.51. The van der Waals surface area contributed by atoms with Crippen molar-refractivity contribution in [1.29, 1.82) is 0 Å². The van der Waals surface area contributed by atoms with Gasteiger partial charge in [0.1, 0.15) is 12.2 Å². The Kier molecular flexibility index (Phi) is 3.34. The number of aliphatic carboxylic acids is 1. The predicted molar refractivity (Wildman–Crippen MR) is 45.4 cm³/mol. The van der Waals surface area contributed by atoms with Crippen LogP contribution >= 0.6 is 0 Å². The largest absolute Gasteiger partial charge is 0.481 e. The van der Waals surface area contributed by atoms with Crippen LogP contribution in [0.5, 0.6) is 0 Å². The summed E-state index contributed by atoms with van der Waals surface area (Å²) < 4.78 is 38.1. The van der Waals surface area contributed by atoms with Gasteiger partial charge in [0.15, 0.2) is 11.6 Å². The zero-order valence-corrected chi connectivity index (χ0v) is 7.35. The Morgan fingerprint density at radius 3 is 2.60 bits per heavy atom. The van der Waals surface area contributed by atoms with Crippen LogP contribution in [-0.4, -0.2) is 11.1 Å². The van der Waals surface area contributed by atoms with Crippen LogP contribution in [0, 0.1) is 29.3 Å². The van der Waals surface area contributed by atoms with E-state index in [1.54, 1.807) is 0 Å². The normalized spacial score (nSPS) is 9.27. The Morgan fingerprint density at radius 2 is 2.00 bits per heavy atom. The molecule has 0 saturated heterocycles. The molecule has 0 atom stereocenters. The van der Waals surface area contributed by atoms with E-state index in [9.17, 15) is 18.0 Å². The summed E-state index contributed by atoms with van der Waals surface area (Å²) in [4.78, 5) is 10.1. The zero-order chi connectivity index (χ0) is 11.4.